The summed E-state index contributed by atoms with van der Waals surface area (Å²) in [7, 11) is 0.406. The molecule has 0 N–H and O–H groups in total. The molecule has 2 fully saturated rings. The summed E-state index contributed by atoms with van der Waals surface area (Å²) in [6, 6.07) is 3.31. The molecule has 2 rings (SSSR count). The molecular formula is C21H42Si. The maximum absolute atomic E-state index is 2.56. The van der Waals surface area contributed by atoms with Crippen molar-refractivity contribution in [2.45, 2.75) is 103 Å². The smallest absolute Gasteiger partial charge is 0.0198 e. The van der Waals surface area contributed by atoms with Gasteiger partial charge in [0.05, 0.1) is 0 Å². The SMILES string of the molecule is CC[C@H](C)CC1CCC(C(C)CCCC2CC[SiH2]CC2)CC1. The monoisotopic (exact) mass is 322 g/mol. The first-order chi connectivity index (χ1) is 10.7. The molecule has 1 aliphatic heterocycles. The third-order valence-corrected chi connectivity index (χ3v) is 8.94. The van der Waals surface area contributed by atoms with Crippen LogP contribution in [-0.4, -0.2) is 9.52 Å². The Kier molecular flexibility index (Phi) is 8.57. The van der Waals surface area contributed by atoms with E-state index < -0.39 is 0 Å². The van der Waals surface area contributed by atoms with Gasteiger partial charge >= 0.3 is 0 Å². The van der Waals surface area contributed by atoms with Gasteiger partial charge in [-0.25, -0.2) is 0 Å². The summed E-state index contributed by atoms with van der Waals surface area (Å²) in [5.41, 5.74) is 0. The third kappa shape index (κ3) is 6.38. The Morgan fingerprint density at radius 3 is 2.23 bits per heavy atom. The van der Waals surface area contributed by atoms with Crippen molar-refractivity contribution in [3.8, 4) is 0 Å². The molecule has 0 aromatic carbocycles. The van der Waals surface area contributed by atoms with Crippen LogP contribution in [0.15, 0.2) is 0 Å². The van der Waals surface area contributed by atoms with E-state index in [9.17, 15) is 0 Å². The van der Waals surface area contributed by atoms with Gasteiger partial charge in [0.15, 0.2) is 0 Å². The molecule has 1 heteroatoms. The molecule has 2 aliphatic rings. The predicted molar refractivity (Wildman–Crippen MR) is 103 cm³/mol. The molecule has 130 valence electrons. The van der Waals surface area contributed by atoms with Gasteiger partial charge in [-0.15, -0.1) is 0 Å². The van der Waals surface area contributed by atoms with Gasteiger partial charge in [0.25, 0.3) is 0 Å². The maximum atomic E-state index is 2.56. The minimum Gasteiger partial charge on any atom is -0.0651 e. The minimum absolute atomic E-state index is 0.406. The van der Waals surface area contributed by atoms with E-state index in [4.69, 9.17) is 0 Å². The van der Waals surface area contributed by atoms with Crippen LogP contribution in [0.4, 0.5) is 0 Å². The molecule has 1 saturated carbocycles. The van der Waals surface area contributed by atoms with E-state index >= 15 is 0 Å². The number of rotatable bonds is 8. The van der Waals surface area contributed by atoms with Crippen LogP contribution >= 0.6 is 0 Å². The highest BCUT2D eigenvalue weighted by Crippen LogP contribution is 2.38. The van der Waals surface area contributed by atoms with Crippen molar-refractivity contribution >= 4 is 9.52 Å². The lowest BCUT2D eigenvalue weighted by Gasteiger charge is -2.33. The second kappa shape index (κ2) is 10.2. The van der Waals surface area contributed by atoms with E-state index in [1.165, 1.54) is 51.4 Å². The number of hydrogen-bond donors (Lipinski definition) is 0. The van der Waals surface area contributed by atoms with Crippen LogP contribution in [-0.2, 0) is 0 Å². The fourth-order valence-corrected chi connectivity index (χ4v) is 7.25. The Balaban J connectivity index is 1.57. The molecule has 0 nitrogen and oxygen atoms in total. The van der Waals surface area contributed by atoms with Gasteiger partial charge in [-0.05, 0) is 48.9 Å². The first kappa shape index (κ1) is 18.6. The lowest BCUT2D eigenvalue weighted by atomic mass is 9.72. The van der Waals surface area contributed by atoms with E-state index in [-0.39, 0.29) is 0 Å². The van der Waals surface area contributed by atoms with Crippen LogP contribution in [0.2, 0.25) is 12.1 Å². The summed E-state index contributed by atoms with van der Waals surface area (Å²) in [5.74, 6) is 5.21. The van der Waals surface area contributed by atoms with E-state index in [1.54, 1.807) is 31.4 Å². The van der Waals surface area contributed by atoms with Crippen LogP contribution in [0.25, 0.3) is 0 Å². The Morgan fingerprint density at radius 2 is 1.59 bits per heavy atom. The molecule has 0 aromatic heterocycles. The van der Waals surface area contributed by atoms with E-state index in [1.807, 2.05) is 0 Å². The Bertz CT molecular complexity index is 274. The van der Waals surface area contributed by atoms with Crippen molar-refractivity contribution in [3.63, 3.8) is 0 Å². The molecule has 2 atom stereocenters. The van der Waals surface area contributed by atoms with Crippen LogP contribution in [0, 0.1) is 29.6 Å². The zero-order chi connectivity index (χ0) is 15.8. The molecular weight excluding hydrogens is 280 g/mol. The summed E-state index contributed by atoms with van der Waals surface area (Å²) in [6.45, 7) is 7.36. The van der Waals surface area contributed by atoms with Crippen molar-refractivity contribution in [1.82, 2.24) is 0 Å². The Hall–Kier alpha value is 0.217. The van der Waals surface area contributed by atoms with Crippen molar-refractivity contribution in [3.05, 3.63) is 0 Å². The first-order valence-electron chi connectivity index (χ1n) is 10.7. The fourth-order valence-electron chi connectivity index (χ4n) is 5.17. The van der Waals surface area contributed by atoms with Crippen LogP contribution < -0.4 is 0 Å². The first-order valence-corrected chi connectivity index (χ1v) is 12.7. The average Bonchev–Trinajstić information content (AvgIpc) is 2.56. The van der Waals surface area contributed by atoms with Gasteiger partial charge < -0.3 is 0 Å². The van der Waals surface area contributed by atoms with Crippen LogP contribution in [0.1, 0.15) is 91.4 Å². The quantitative estimate of drug-likeness (QED) is 0.450. The molecule has 1 heterocycles. The topological polar surface area (TPSA) is 0 Å². The Morgan fingerprint density at radius 1 is 0.909 bits per heavy atom. The molecule has 1 unspecified atom stereocenters. The normalized spacial score (nSPS) is 33.7. The molecule has 0 radical (unpaired) electrons. The van der Waals surface area contributed by atoms with Gasteiger partial charge in [-0.3, -0.25) is 0 Å². The van der Waals surface area contributed by atoms with Crippen LogP contribution in [0.5, 0.6) is 0 Å². The molecule has 0 bridgehead atoms. The predicted octanol–water partition coefficient (Wildman–Crippen LogP) is 6.45. The summed E-state index contributed by atoms with van der Waals surface area (Å²) >= 11 is 0. The molecule has 1 aliphatic carbocycles. The fraction of sp³-hybridized carbons (Fsp3) is 1.00. The van der Waals surface area contributed by atoms with Gasteiger partial charge in [0.2, 0.25) is 0 Å². The highest BCUT2D eigenvalue weighted by molar-refractivity contribution is 6.35. The van der Waals surface area contributed by atoms with E-state index in [0.29, 0.717) is 9.52 Å². The highest BCUT2D eigenvalue weighted by Gasteiger charge is 2.26. The maximum Gasteiger partial charge on any atom is 0.0198 e. The average molecular weight is 323 g/mol. The van der Waals surface area contributed by atoms with Crippen molar-refractivity contribution in [2.75, 3.05) is 0 Å². The van der Waals surface area contributed by atoms with Crippen molar-refractivity contribution in [2.24, 2.45) is 29.6 Å². The summed E-state index contributed by atoms with van der Waals surface area (Å²) < 4.78 is 0. The zero-order valence-corrected chi connectivity index (χ0v) is 17.2. The molecule has 0 spiro atoms. The van der Waals surface area contributed by atoms with E-state index in [0.717, 1.165) is 29.6 Å². The second-order valence-corrected chi connectivity index (χ2v) is 11.1. The molecule has 0 aromatic rings. The minimum atomic E-state index is 0.406. The number of hydrogen-bond acceptors (Lipinski definition) is 0. The molecule has 0 amide bonds. The van der Waals surface area contributed by atoms with Crippen LogP contribution in [0.3, 0.4) is 0 Å². The second-order valence-electron chi connectivity index (χ2n) is 8.94. The standard InChI is InChI=1S/C21H42Si/c1-4-17(2)16-20-8-10-21(11-9-20)18(3)6-5-7-19-12-14-22-15-13-19/h17-21H,4-16,22H2,1-3H3/t17-,18?,20?,21?/m0/s1. The van der Waals surface area contributed by atoms with Gasteiger partial charge in [0, 0.05) is 9.52 Å². The highest BCUT2D eigenvalue weighted by atomic mass is 28.2. The summed E-state index contributed by atoms with van der Waals surface area (Å²) in [4.78, 5) is 0. The lowest BCUT2D eigenvalue weighted by molar-refractivity contribution is 0.184. The molecule has 22 heavy (non-hydrogen) atoms. The molecule has 1 saturated heterocycles. The van der Waals surface area contributed by atoms with Gasteiger partial charge in [0.1, 0.15) is 0 Å². The largest absolute Gasteiger partial charge is 0.0651 e. The zero-order valence-electron chi connectivity index (χ0n) is 15.8. The van der Waals surface area contributed by atoms with Gasteiger partial charge in [-0.2, -0.15) is 0 Å². The lowest BCUT2D eigenvalue weighted by Crippen LogP contribution is -2.21. The van der Waals surface area contributed by atoms with E-state index in [2.05, 4.69) is 20.8 Å². The van der Waals surface area contributed by atoms with Gasteiger partial charge in [-0.1, -0.05) is 84.2 Å². The Labute approximate surface area is 143 Å². The third-order valence-electron chi connectivity index (χ3n) is 7.13. The van der Waals surface area contributed by atoms with Crippen molar-refractivity contribution in [1.29, 1.82) is 0 Å². The summed E-state index contributed by atoms with van der Waals surface area (Å²) in [6.07, 6.45) is 16.8. The van der Waals surface area contributed by atoms with Crippen molar-refractivity contribution < 1.29 is 0 Å². The summed E-state index contributed by atoms with van der Waals surface area (Å²) in [5, 5.41) is 0.